The van der Waals surface area contributed by atoms with Gasteiger partial charge in [0.2, 0.25) is 0 Å². The van der Waals surface area contributed by atoms with E-state index < -0.39 is 0 Å². The van der Waals surface area contributed by atoms with Gasteiger partial charge in [-0.1, -0.05) is 18.2 Å². The first kappa shape index (κ1) is 18.6. The molecule has 3 aromatic rings. The lowest BCUT2D eigenvalue weighted by molar-refractivity contribution is 0.365. The fraction of sp³-hybridized carbons (Fsp3) is 0.429. The standard InChI is InChI=1S/C21H26N6O/c1-15-12-16(2)24-19(23-15)14-26-21(28)27(18-6-4-3-5-7-18)20(25-26)13-17-8-10-22-11-9-17/h3-7,12,17,22H,8-11,13-14H2,1-2H3. The maximum absolute atomic E-state index is 13.2. The second-order valence-electron chi connectivity index (χ2n) is 7.49. The molecule has 7 nitrogen and oxygen atoms in total. The molecule has 4 rings (SSSR count). The van der Waals surface area contributed by atoms with Gasteiger partial charge in [-0.15, -0.1) is 0 Å². The number of aryl methyl sites for hydroxylation is 2. The van der Waals surface area contributed by atoms with Crippen LogP contribution in [0, 0.1) is 19.8 Å². The van der Waals surface area contributed by atoms with Crippen LogP contribution in [0.15, 0.2) is 41.2 Å². The van der Waals surface area contributed by atoms with E-state index >= 15 is 0 Å². The molecule has 1 aliphatic heterocycles. The van der Waals surface area contributed by atoms with E-state index in [0.29, 0.717) is 11.7 Å². The average Bonchev–Trinajstić information content (AvgIpc) is 2.97. The van der Waals surface area contributed by atoms with Crippen molar-refractivity contribution in [3.05, 3.63) is 69.9 Å². The number of rotatable bonds is 5. The van der Waals surface area contributed by atoms with Crippen molar-refractivity contribution in [1.29, 1.82) is 0 Å². The fourth-order valence-electron chi connectivity index (χ4n) is 3.87. The second-order valence-corrected chi connectivity index (χ2v) is 7.49. The Morgan fingerprint density at radius 1 is 1.07 bits per heavy atom. The highest BCUT2D eigenvalue weighted by Gasteiger charge is 2.21. The van der Waals surface area contributed by atoms with Crippen LogP contribution < -0.4 is 11.0 Å². The molecule has 28 heavy (non-hydrogen) atoms. The third kappa shape index (κ3) is 4.04. The van der Waals surface area contributed by atoms with Crippen molar-refractivity contribution < 1.29 is 0 Å². The Kier molecular flexibility index (Phi) is 5.34. The predicted molar refractivity (Wildman–Crippen MR) is 108 cm³/mol. The number of benzene rings is 1. The minimum absolute atomic E-state index is 0.141. The summed E-state index contributed by atoms with van der Waals surface area (Å²) in [6.45, 7) is 6.20. The van der Waals surface area contributed by atoms with Crippen molar-refractivity contribution in [1.82, 2.24) is 29.6 Å². The first-order chi connectivity index (χ1) is 13.6. The minimum atomic E-state index is -0.141. The highest BCUT2D eigenvalue weighted by Crippen LogP contribution is 2.18. The predicted octanol–water partition coefficient (Wildman–Crippen LogP) is 2.03. The highest BCUT2D eigenvalue weighted by atomic mass is 16.2. The molecule has 0 radical (unpaired) electrons. The molecule has 3 heterocycles. The molecular weight excluding hydrogens is 352 g/mol. The van der Waals surface area contributed by atoms with Crippen LogP contribution in [0.25, 0.3) is 5.69 Å². The van der Waals surface area contributed by atoms with Gasteiger partial charge in [0.25, 0.3) is 0 Å². The molecule has 0 spiro atoms. The van der Waals surface area contributed by atoms with E-state index in [0.717, 1.165) is 55.3 Å². The van der Waals surface area contributed by atoms with E-state index in [9.17, 15) is 4.79 Å². The van der Waals surface area contributed by atoms with Crippen LogP contribution in [-0.2, 0) is 13.0 Å². The number of aromatic nitrogens is 5. The maximum Gasteiger partial charge on any atom is 0.351 e. The monoisotopic (exact) mass is 378 g/mol. The zero-order valence-corrected chi connectivity index (χ0v) is 16.4. The Labute approximate surface area is 164 Å². The lowest BCUT2D eigenvalue weighted by Gasteiger charge is -2.22. The van der Waals surface area contributed by atoms with Crippen LogP contribution in [0.3, 0.4) is 0 Å². The molecule has 1 fully saturated rings. The molecule has 1 aliphatic rings. The number of nitrogens with zero attached hydrogens (tertiary/aromatic N) is 5. The van der Waals surface area contributed by atoms with E-state index in [-0.39, 0.29) is 12.2 Å². The fourth-order valence-corrected chi connectivity index (χ4v) is 3.87. The zero-order valence-electron chi connectivity index (χ0n) is 16.4. The number of hydrogen-bond donors (Lipinski definition) is 1. The first-order valence-corrected chi connectivity index (χ1v) is 9.86. The Balaban J connectivity index is 1.71. The van der Waals surface area contributed by atoms with Gasteiger partial charge in [0.1, 0.15) is 18.2 Å². The molecule has 0 aliphatic carbocycles. The third-order valence-electron chi connectivity index (χ3n) is 5.17. The van der Waals surface area contributed by atoms with Crippen molar-refractivity contribution in [2.24, 2.45) is 5.92 Å². The Hall–Kier alpha value is -2.80. The van der Waals surface area contributed by atoms with Gasteiger partial charge >= 0.3 is 5.69 Å². The molecule has 2 aromatic heterocycles. The van der Waals surface area contributed by atoms with Crippen molar-refractivity contribution in [2.45, 2.75) is 39.7 Å². The van der Waals surface area contributed by atoms with Gasteiger partial charge in [0.05, 0.1) is 5.69 Å². The number of piperidine rings is 1. The summed E-state index contributed by atoms with van der Waals surface area (Å²) in [7, 11) is 0. The van der Waals surface area contributed by atoms with Crippen LogP contribution in [0.1, 0.15) is 35.9 Å². The molecule has 1 aromatic carbocycles. The summed E-state index contributed by atoms with van der Waals surface area (Å²) >= 11 is 0. The van der Waals surface area contributed by atoms with Crippen LogP contribution in [0.4, 0.5) is 0 Å². The first-order valence-electron chi connectivity index (χ1n) is 9.86. The number of hydrogen-bond acceptors (Lipinski definition) is 5. The van der Waals surface area contributed by atoms with Gasteiger partial charge in [-0.25, -0.2) is 24.0 Å². The summed E-state index contributed by atoms with van der Waals surface area (Å²) in [5.41, 5.74) is 2.50. The highest BCUT2D eigenvalue weighted by molar-refractivity contribution is 5.32. The molecule has 0 bridgehead atoms. The Bertz CT molecular complexity index is 981. The average molecular weight is 378 g/mol. The van der Waals surface area contributed by atoms with Crippen LogP contribution in [-0.4, -0.2) is 37.4 Å². The van der Waals surface area contributed by atoms with Crippen LogP contribution in [0.2, 0.25) is 0 Å². The lowest BCUT2D eigenvalue weighted by atomic mass is 9.94. The van der Waals surface area contributed by atoms with Gasteiger partial charge in [-0.2, -0.15) is 5.10 Å². The Morgan fingerprint density at radius 2 is 1.75 bits per heavy atom. The number of para-hydroxylation sites is 1. The summed E-state index contributed by atoms with van der Waals surface area (Å²) in [5.74, 6) is 1.97. The van der Waals surface area contributed by atoms with Crippen LogP contribution >= 0.6 is 0 Å². The summed E-state index contributed by atoms with van der Waals surface area (Å²) in [6, 6.07) is 11.7. The van der Waals surface area contributed by atoms with Crippen LogP contribution in [0.5, 0.6) is 0 Å². The van der Waals surface area contributed by atoms with Gasteiger partial charge in [0.15, 0.2) is 0 Å². The molecule has 0 saturated carbocycles. The molecule has 146 valence electrons. The quantitative estimate of drug-likeness (QED) is 0.735. The van der Waals surface area contributed by atoms with E-state index in [2.05, 4.69) is 15.3 Å². The van der Waals surface area contributed by atoms with Gasteiger partial charge in [-0.3, -0.25) is 0 Å². The smallest absolute Gasteiger partial charge is 0.317 e. The van der Waals surface area contributed by atoms with Gasteiger partial charge in [-0.05, 0) is 63.9 Å². The molecule has 0 atom stereocenters. The molecule has 7 heteroatoms. The number of nitrogens with one attached hydrogen (secondary N) is 1. The topological polar surface area (TPSA) is 77.6 Å². The molecular formula is C21H26N6O. The normalized spacial score (nSPS) is 15.1. The summed E-state index contributed by atoms with van der Waals surface area (Å²) in [6.07, 6.45) is 3.01. The van der Waals surface area contributed by atoms with Gasteiger partial charge < -0.3 is 5.32 Å². The van der Waals surface area contributed by atoms with E-state index in [1.54, 1.807) is 4.57 Å². The second kappa shape index (κ2) is 8.06. The summed E-state index contributed by atoms with van der Waals surface area (Å²) < 4.78 is 3.24. The Morgan fingerprint density at radius 3 is 2.43 bits per heavy atom. The van der Waals surface area contributed by atoms with Gasteiger partial charge in [0, 0.05) is 17.8 Å². The summed E-state index contributed by atoms with van der Waals surface area (Å²) in [5, 5.41) is 8.10. The summed E-state index contributed by atoms with van der Waals surface area (Å²) in [4.78, 5) is 22.1. The lowest BCUT2D eigenvalue weighted by Crippen LogP contribution is -2.29. The maximum atomic E-state index is 13.2. The van der Waals surface area contributed by atoms with Crippen molar-refractivity contribution in [3.8, 4) is 5.69 Å². The SMILES string of the molecule is Cc1cc(C)nc(Cn2nc(CC3CCNCC3)n(-c3ccccc3)c2=O)n1. The van der Waals surface area contributed by atoms with Crippen molar-refractivity contribution >= 4 is 0 Å². The molecule has 0 amide bonds. The van der Waals surface area contributed by atoms with E-state index in [1.165, 1.54) is 4.68 Å². The minimum Gasteiger partial charge on any atom is -0.317 e. The molecule has 1 saturated heterocycles. The van der Waals surface area contributed by atoms with Crippen molar-refractivity contribution in [2.75, 3.05) is 13.1 Å². The third-order valence-corrected chi connectivity index (χ3v) is 5.17. The molecule has 1 N–H and O–H groups in total. The molecule has 0 unspecified atom stereocenters. The van der Waals surface area contributed by atoms with E-state index in [1.807, 2.05) is 50.2 Å². The largest absolute Gasteiger partial charge is 0.351 e. The van der Waals surface area contributed by atoms with Crippen molar-refractivity contribution in [3.63, 3.8) is 0 Å². The zero-order chi connectivity index (χ0) is 19.5. The van der Waals surface area contributed by atoms with E-state index in [4.69, 9.17) is 5.10 Å².